The third-order valence-electron chi connectivity index (χ3n) is 1.59. The van der Waals surface area contributed by atoms with Crippen molar-refractivity contribution in [1.29, 1.82) is 0 Å². The molecule has 0 spiro atoms. The number of alkyl halides is 2. The van der Waals surface area contributed by atoms with Crippen molar-refractivity contribution >= 4 is 11.6 Å². The van der Waals surface area contributed by atoms with E-state index in [0.717, 1.165) is 0 Å². The monoisotopic (exact) mass is 207 g/mol. The Kier molecular flexibility index (Phi) is 3.59. The molecule has 1 aromatic rings. The maximum atomic E-state index is 12.2. The predicted octanol–water partition coefficient (Wildman–Crippen LogP) is 2.76. The largest absolute Gasteiger partial charge is 0.316 e. The van der Waals surface area contributed by atoms with Crippen LogP contribution >= 0.6 is 11.6 Å². The van der Waals surface area contributed by atoms with Crippen molar-refractivity contribution in [2.45, 2.75) is 13.0 Å². The lowest BCUT2D eigenvalue weighted by atomic mass is 10.1. The van der Waals surface area contributed by atoms with E-state index in [0.29, 0.717) is 10.6 Å². The van der Waals surface area contributed by atoms with Crippen molar-refractivity contribution < 1.29 is 14.0 Å². The van der Waals surface area contributed by atoms with Gasteiger partial charge in [0.1, 0.15) is 0 Å². The van der Waals surface area contributed by atoms with Gasteiger partial charge in [0.15, 0.2) is 0 Å². The minimum Gasteiger partial charge on any atom is -0.316 e. The lowest BCUT2D eigenvalue weighted by Crippen LogP contribution is -2.07. The van der Waals surface area contributed by atoms with Crippen LogP contribution in [-0.4, -0.2) is 5.21 Å². The molecule has 2 nitrogen and oxygen atoms in total. The van der Waals surface area contributed by atoms with Gasteiger partial charge in [-0.15, -0.1) is 0 Å². The topological polar surface area (TPSA) is 32.3 Å². The number of hydroxylamine groups is 1. The van der Waals surface area contributed by atoms with E-state index in [4.69, 9.17) is 16.8 Å². The predicted molar refractivity (Wildman–Crippen MR) is 45.0 cm³/mol. The molecule has 0 aromatic heterocycles. The fourth-order valence-corrected chi connectivity index (χ4v) is 1.14. The summed E-state index contributed by atoms with van der Waals surface area (Å²) < 4.78 is 24.4. The summed E-state index contributed by atoms with van der Waals surface area (Å²) >= 11 is 5.68. The van der Waals surface area contributed by atoms with E-state index in [1.165, 1.54) is 18.2 Å². The molecule has 0 fully saturated rings. The van der Waals surface area contributed by atoms with Crippen LogP contribution in [0, 0.1) is 0 Å². The zero-order chi connectivity index (χ0) is 9.84. The summed E-state index contributed by atoms with van der Waals surface area (Å²) in [6.07, 6.45) is -2.52. The fourth-order valence-electron chi connectivity index (χ4n) is 0.951. The summed E-state index contributed by atoms with van der Waals surface area (Å²) in [5.74, 6) is 0. The molecule has 1 aromatic carbocycles. The van der Waals surface area contributed by atoms with E-state index in [-0.39, 0.29) is 12.1 Å². The molecule has 0 heterocycles. The number of benzene rings is 1. The zero-order valence-electron chi connectivity index (χ0n) is 6.60. The Morgan fingerprint density at radius 2 is 2.15 bits per heavy atom. The summed E-state index contributed by atoms with van der Waals surface area (Å²) in [4.78, 5) is 0. The van der Waals surface area contributed by atoms with Crippen LogP contribution < -0.4 is 5.48 Å². The maximum Gasteiger partial charge on any atom is 0.263 e. The van der Waals surface area contributed by atoms with Crippen LogP contribution in [0.1, 0.15) is 17.6 Å². The fraction of sp³-hybridized carbons (Fsp3) is 0.250. The lowest BCUT2D eigenvalue weighted by molar-refractivity contribution is 0.150. The number of nitrogens with one attached hydrogen (secondary N) is 1. The molecule has 1 rings (SSSR count). The molecule has 0 unspecified atom stereocenters. The molecule has 5 heteroatoms. The van der Waals surface area contributed by atoms with E-state index in [2.05, 4.69) is 0 Å². The van der Waals surface area contributed by atoms with Crippen LogP contribution in [0.5, 0.6) is 0 Å². The molecule has 0 aliphatic carbocycles. The van der Waals surface area contributed by atoms with Gasteiger partial charge in [0.2, 0.25) is 0 Å². The van der Waals surface area contributed by atoms with Crippen LogP contribution in [0.15, 0.2) is 18.2 Å². The lowest BCUT2D eigenvalue weighted by Gasteiger charge is -2.05. The molecule has 0 saturated carbocycles. The van der Waals surface area contributed by atoms with Crippen molar-refractivity contribution in [3.8, 4) is 0 Å². The van der Waals surface area contributed by atoms with Crippen molar-refractivity contribution in [3.63, 3.8) is 0 Å². The van der Waals surface area contributed by atoms with E-state index in [9.17, 15) is 8.78 Å². The van der Waals surface area contributed by atoms with E-state index < -0.39 is 6.43 Å². The van der Waals surface area contributed by atoms with Crippen molar-refractivity contribution in [2.24, 2.45) is 0 Å². The maximum absolute atomic E-state index is 12.2. The summed E-state index contributed by atoms with van der Waals surface area (Å²) in [5, 5.41) is 8.73. The van der Waals surface area contributed by atoms with Crippen LogP contribution in [0.25, 0.3) is 0 Å². The van der Waals surface area contributed by atoms with Gasteiger partial charge in [0.25, 0.3) is 6.43 Å². The molecular formula is C8H8ClF2NO. The molecule has 0 radical (unpaired) electrons. The van der Waals surface area contributed by atoms with Crippen molar-refractivity contribution in [3.05, 3.63) is 34.3 Å². The second-order valence-corrected chi connectivity index (χ2v) is 2.89. The SMILES string of the molecule is ONCc1cc(C(F)F)ccc1Cl. The smallest absolute Gasteiger partial charge is 0.263 e. The number of halogens is 3. The molecule has 0 saturated heterocycles. The van der Waals surface area contributed by atoms with E-state index >= 15 is 0 Å². The third kappa shape index (κ3) is 2.62. The standard InChI is InChI=1S/C8H8ClF2NO/c9-7-2-1-5(8(10)11)3-6(7)4-12-13/h1-3,8,12-13H,4H2. The Bertz CT molecular complexity index is 293. The Morgan fingerprint density at radius 3 is 2.69 bits per heavy atom. The minimum absolute atomic E-state index is 0.0550. The summed E-state index contributed by atoms with van der Waals surface area (Å²) in [7, 11) is 0. The van der Waals surface area contributed by atoms with Gasteiger partial charge in [-0.2, -0.15) is 0 Å². The first kappa shape index (κ1) is 10.4. The van der Waals surface area contributed by atoms with Crippen LogP contribution in [-0.2, 0) is 6.54 Å². The van der Waals surface area contributed by atoms with E-state index in [1.807, 2.05) is 5.48 Å². The molecular weight excluding hydrogens is 200 g/mol. The molecule has 0 aliphatic heterocycles. The van der Waals surface area contributed by atoms with E-state index in [1.54, 1.807) is 0 Å². The van der Waals surface area contributed by atoms with Gasteiger partial charge in [-0.3, -0.25) is 0 Å². The first-order chi connectivity index (χ1) is 6.15. The second-order valence-electron chi connectivity index (χ2n) is 2.49. The Hall–Kier alpha value is -0.710. The van der Waals surface area contributed by atoms with Crippen LogP contribution in [0.2, 0.25) is 5.02 Å². The van der Waals surface area contributed by atoms with Gasteiger partial charge < -0.3 is 5.21 Å². The molecule has 0 atom stereocenters. The molecule has 0 aliphatic rings. The molecule has 0 amide bonds. The molecule has 13 heavy (non-hydrogen) atoms. The summed E-state index contributed by atoms with van der Waals surface area (Å²) in [6.45, 7) is 0.0550. The highest BCUT2D eigenvalue weighted by Crippen LogP contribution is 2.24. The van der Waals surface area contributed by atoms with Gasteiger partial charge in [-0.25, -0.2) is 14.3 Å². The Labute approximate surface area is 79.1 Å². The zero-order valence-corrected chi connectivity index (χ0v) is 7.35. The van der Waals surface area contributed by atoms with Crippen molar-refractivity contribution in [2.75, 3.05) is 0 Å². The number of hydrogen-bond donors (Lipinski definition) is 2. The van der Waals surface area contributed by atoms with Gasteiger partial charge >= 0.3 is 0 Å². The highest BCUT2D eigenvalue weighted by atomic mass is 35.5. The first-order valence-electron chi connectivity index (χ1n) is 3.58. The minimum atomic E-state index is -2.52. The summed E-state index contributed by atoms with van der Waals surface area (Å²) in [5.41, 5.74) is 2.21. The van der Waals surface area contributed by atoms with Crippen molar-refractivity contribution in [1.82, 2.24) is 5.48 Å². The average Bonchev–Trinajstić information content (AvgIpc) is 2.08. The second kappa shape index (κ2) is 4.50. The van der Waals surface area contributed by atoms with Gasteiger partial charge in [-0.05, 0) is 17.7 Å². The Balaban J connectivity index is 2.97. The number of rotatable bonds is 3. The highest BCUT2D eigenvalue weighted by Gasteiger charge is 2.09. The summed E-state index contributed by atoms with van der Waals surface area (Å²) in [6, 6.07) is 3.90. The van der Waals surface area contributed by atoms with Gasteiger partial charge in [0.05, 0.1) is 0 Å². The van der Waals surface area contributed by atoms with Gasteiger partial charge in [0, 0.05) is 17.1 Å². The molecule has 2 N–H and O–H groups in total. The average molecular weight is 208 g/mol. The highest BCUT2D eigenvalue weighted by molar-refractivity contribution is 6.31. The number of hydrogen-bond acceptors (Lipinski definition) is 2. The molecule has 0 bridgehead atoms. The van der Waals surface area contributed by atoms with Crippen LogP contribution in [0.3, 0.4) is 0 Å². The van der Waals surface area contributed by atoms with Crippen LogP contribution in [0.4, 0.5) is 8.78 Å². The normalized spacial score (nSPS) is 10.8. The molecule has 72 valence electrons. The Morgan fingerprint density at radius 1 is 1.46 bits per heavy atom. The first-order valence-corrected chi connectivity index (χ1v) is 3.96. The third-order valence-corrected chi connectivity index (χ3v) is 1.96. The quantitative estimate of drug-likeness (QED) is 0.747. The van der Waals surface area contributed by atoms with Gasteiger partial charge in [-0.1, -0.05) is 17.7 Å².